The Kier molecular flexibility index (Phi) is 6.56. The number of hydrogen-bond donors (Lipinski definition) is 1. The number of amides is 2. The van der Waals surface area contributed by atoms with E-state index in [4.69, 9.17) is 0 Å². The van der Waals surface area contributed by atoms with Gasteiger partial charge in [-0.2, -0.15) is 0 Å². The van der Waals surface area contributed by atoms with Crippen LogP contribution in [0.2, 0.25) is 0 Å². The minimum atomic E-state index is 0.00972. The summed E-state index contributed by atoms with van der Waals surface area (Å²) in [5.41, 5.74) is 0. The summed E-state index contributed by atoms with van der Waals surface area (Å²) < 4.78 is 0. The largest absolute Gasteiger partial charge is 0.354 e. The molecule has 0 bridgehead atoms. The molecule has 106 valence electrons. The van der Waals surface area contributed by atoms with Gasteiger partial charge in [0.2, 0.25) is 11.8 Å². The molecule has 0 atom stereocenters. The lowest BCUT2D eigenvalue weighted by Gasteiger charge is -2.23. The molecular weight excluding hydrogens is 260 g/mol. The average Bonchev–Trinajstić information content (AvgIpc) is 2.79. The normalized spacial score (nSPS) is 10.5. The van der Waals surface area contributed by atoms with Gasteiger partial charge in [-0.1, -0.05) is 19.9 Å². The predicted molar refractivity (Wildman–Crippen MR) is 78.1 cm³/mol. The lowest BCUT2D eigenvalue weighted by molar-refractivity contribution is -0.130. The summed E-state index contributed by atoms with van der Waals surface area (Å²) in [6.07, 6.45) is 0.419. The molecule has 0 aliphatic carbocycles. The molecule has 0 radical (unpaired) electrons. The van der Waals surface area contributed by atoms with Crippen LogP contribution in [0, 0.1) is 5.92 Å². The average molecular weight is 282 g/mol. The highest BCUT2D eigenvalue weighted by atomic mass is 32.1. The molecule has 0 spiro atoms. The highest BCUT2D eigenvalue weighted by molar-refractivity contribution is 7.10. The van der Waals surface area contributed by atoms with Crippen LogP contribution in [0.3, 0.4) is 0 Å². The summed E-state index contributed by atoms with van der Waals surface area (Å²) >= 11 is 1.58. The van der Waals surface area contributed by atoms with Gasteiger partial charge in [-0.15, -0.1) is 11.3 Å². The van der Waals surface area contributed by atoms with E-state index in [1.807, 2.05) is 17.5 Å². The standard InChI is InChI=1S/C14H22N2O2S/c1-11(2)10-16(12(3)17)7-6-15-14(18)9-13-5-4-8-19-13/h4-5,8,11H,6-7,9-10H2,1-3H3,(H,15,18). The zero-order chi connectivity index (χ0) is 14.3. The van der Waals surface area contributed by atoms with Crippen LogP contribution in [0.5, 0.6) is 0 Å². The molecule has 0 saturated carbocycles. The second kappa shape index (κ2) is 7.94. The molecule has 0 aromatic carbocycles. The number of hydrogen-bond acceptors (Lipinski definition) is 3. The Labute approximate surface area is 118 Å². The quantitative estimate of drug-likeness (QED) is 0.830. The Morgan fingerprint density at radius 1 is 1.42 bits per heavy atom. The number of carbonyl (C=O) groups excluding carboxylic acids is 2. The second-order valence-corrected chi connectivity index (χ2v) is 6.00. The summed E-state index contributed by atoms with van der Waals surface area (Å²) in [7, 11) is 0. The highest BCUT2D eigenvalue weighted by Gasteiger charge is 2.11. The minimum Gasteiger partial charge on any atom is -0.354 e. The second-order valence-electron chi connectivity index (χ2n) is 4.96. The van der Waals surface area contributed by atoms with Crippen molar-refractivity contribution in [1.29, 1.82) is 0 Å². The van der Waals surface area contributed by atoms with E-state index in [9.17, 15) is 9.59 Å². The van der Waals surface area contributed by atoms with E-state index < -0.39 is 0 Å². The summed E-state index contributed by atoms with van der Waals surface area (Å²) in [4.78, 5) is 25.9. The molecule has 1 aromatic heterocycles. The molecule has 0 aliphatic heterocycles. The number of rotatable bonds is 7. The molecule has 0 aliphatic rings. The first-order chi connectivity index (χ1) is 8.99. The maximum Gasteiger partial charge on any atom is 0.225 e. The summed E-state index contributed by atoms with van der Waals surface area (Å²) in [5.74, 6) is 0.502. The molecule has 2 amide bonds. The monoisotopic (exact) mass is 282 g/mol. The molecule has 1 heterocycles. The number of nitrogens with zero attached hydrogens (tertiary/aromatic N) is 1. The van der Waals surface area contributed by atoms with E-state index in [-0.39, 0.29) is 11.8 Å². The van der Waals surface area contributed by atoms with Crippen molar-refractivity contribution in [3.8, 4) is 0 Å². The van der Waals surface area contributed by atoms with Crippen LogP contribution in [0.1, 0.15) is 25.6 Å². The lowest BCUT2D eigenvalue weighted by atomic mass is 10.2. The van der Waals surface area contributed by atoms with Crippen LogP contribution in [0.4, 0.5) is 0 Å². The maximum absolute atomic E-state index is 11.7. The Balaban J connectivity index is 2.27. The molecule has 0 saturated heterocycles. The summed E-state index contributed by atoms with van der Waals surface area (Å²) in [5, 5.41) is 4.81. The molecular formula is C14H22N2O2S. The first-order valence-corrected chi connectivity index (χ1v) is 7.41. The zero-order valence-electron chi connectivity index (χ0n) is 11.8. The van der Waals surface area contributed by atoms with E-state index in [2.05, 4.69) is 19.2 Å². The molecule has 0 fully saturated rings. The fraction of sp³-hybridized carbons (Fsp3) is 0.571. The molecule has 19 heavy (non-hydrogen) atoms. The van der Waals surface area contributed by atoms with E-state index in [1.54, 1.807) is 23.2 Å². The van der Waals surface area contributed by atoms with Gasteiger partial charge in [-0.3, -0.25) is 9.59 Å². The van der Waals surface area contributed by atoms with Gasteiger partial charge in [0.25, 0.3) is 0 Å². The zero-order valence-corrected chi connectivity index (χ0v) is 12.6. The van der Waals surface area contributed by atoms with Gasteiger partial charge < -0.3 is 10.2 Å². The van der Waals surface area contributed by atoms with Crippen molar-refractivity contribution in [2.24, 2.45) is 5.92 Å². The first-order valence-electron chi connectivity index (χ1n) is 6.53. The van der Waals surface area contributed by atoms with Crippen molar-refractivity contribution in [2.75, 3.05) is 19.6 Å². The van der Waals surface area contributed by atoms with E-state index >= 15 is 0 Å². The third-order valence-corrected chi connectivity index (χ3v) is 3.53. The number of thiophene rings is 1. The summed E-state index contributed by atoms with van der Waals surface area (Å²) in [6.45, 7) is 7.53. The van der Waals surface area contributed by atoms with Gasteiger partial charge >= 0.3 is 0 Å². The topological polar surface area (TPSA) is 49.4 Å². The van der Waals surface area contributed by atoms with E-state index in [1.165, 1.54) is 0 Å². The first kappa shape index (κ1) is 15.7. The van der Waals surface area contributed by atoms with Crippen LogP contribution in [0.15, 0.2) is 17.5 Å². The maximum atomic E-state index is 11.7. The van der Waals surface area contributed by atoms with Gasteiger partial charge in [-0.25, -0.2) is 0 Å². The highest BCUT2D eigenvalue weighted by Crippen LogP contribution is 2.08. The number of nitrogens with one attached hydrogen (secondary N) is 1. The SMILES string of the molecule is CC(=O)N(CCNC(=O)Cc1cccs1)CC(C)C. The Bertz CT molecular complexity index is 402. The van der Waals surface area contributed by atoms with Crippen LogP contribution >= 0.6 is 11.3 Å². The predicted octanol–water partition coefficient (Wildman–Crippen LogP) is 1.91. The molecule has 1 N–H and O–H groups in total. The Hall–Kier alpha value is -1.36. The smallest absolute Gasteiger partial charge is 0.225 e. The van der Waals surface area contributed by atoms with E-state index in [0.29, 0.717) is 25.4 Å². The van der Waals surface area contributed by atoms with Crippen LogP contribution < -0.4 is 5.32 Å². The van der Waals surface area contributed by atoms with Crippen molar-refractivity contribution in [1.82, 2.24) is 10.2 Å². The van der Waals surface area contributed by atoms with Gasteiger partial charge in [0.05, 0.1) is 6.42 Å². The van der Waals surface area contributed by atoms with Gasteiger partial charge in [0.1, 0.15) is 0 Å². The number of carbonyl (C=O) groups is 2. The molecule has 1 rings (SSSR count). The van der Waals surface area contributed by atoms with Crippen molar-refractivity contribution >= 4 is 23.2 Å². The molecule has 4 nitrogen and oxygen atoms in total. The van der Waals surface area contributed by atoms with Crippen LogP contribution in [0.25, 0.3) is 0 Å². The third-order valence-electron chi connectivity index (χ3n) is 2.65. The summed E-state index contributed by atoms with van der Waals surface area (Å²) in [6, 6.07) is 3.89. The van der Waals surface area contributed by atoms with Crippen molar-refractivity contribution in [3.63, 3.8) is 0 Å². The minimum absolute atomic E-state index is 0.00972. The molecule has 0 unspecified atom stereocenters. The van der Waals surface area contributed by atoms with Gasteiger partial charge in [0, 0.05) is 31.4 Å². The van der Waals surface area contributed by atoms with E-state index in [0.717, 1.165) is 11.4 Å². The van der Waals surface area contributed by atoms with Crippen LogP contribution in [-0.4, -0.2) is 36.3 Å². The fourth-order valence-corrected chi connectivity index (χ4v) is 2.49. The Morgan fingerprint density at radius 3 is 2.68 bits per heavy atom. The lowest BCUT2D eigenvalue weighted by Crippen LogP contribution is -2.39. The Morgan fingerprint density at radius 2 is 2.16 bits per heavy atom. The fourth-order valence-electron chi connectivity index (χ4n) is 1.78. The third kappa shape index (κ3) is 6.38. The van der Waals surface area contributed by atoms with Gasteiger partial charge in [-0.05, 0) is 17.4 Å². The molecule has 5 heteroatoms. The van der Waals surface area contributed by atoms with Crippen molar-refractivity contribution in [3.05, 3.63) is 22.4 Å². The van der Waals surface area contributed by atoms with Crippen LogP contribution in [-0.2, 0) is 16.0 Å². The van der Waals surface area contributed by atoms with Crippen molar-refractivity contribution in [2.45, 2.75) is 27.2 Å². The van der Waals surface area contributed by atoms with Crippen molar-refractivity contribution < 1.29 is 9.59 Å². The molecule has 1 aromatic rings. The van der Waals surface area contributed by atoms with Gasteiger partial charge in [0.15, 0.2) is 0 Å².